The van der Waals surface area contributed by atoms with Crippen LogP contribution in [0, 0.1) is 0 Å². The number of hydrogen-bond acceptors (Lipinski definition) is 5. The van der Waals surface area contributed by atoms with Crippen molar-refractivity contribution in [2.24, 2.45) is 22.2 Å². The summed E-state index contributed by atoms with van der Waals surface area (Å²) in [7, 11) is -4.06. The number of primary amides is 1. The van der Waals surface area contributed by atoms with Crippen LogP contribution in [0.25, 0.3) is 0 Å². The molecule has 8 N–H and O–H groups in total. The van der Waals surface area contributed by atoms with Crippen LogP contribution in [0.3, 0.4) is 0 Å². The zero-order chi connectivity index (χ0) is 24.4. The molecule has 0 saturated carbocycles. The SMILES string of the molecule is NC(=O)[C@H](Cc1ccccc1)NC(=O)C(CCCN=C(N)N)NS(=O)(=O)c1ccc(Cl)cc1. The number of nitrogens with one attached hydrogen (secondary N) is 2. The molecule has 0 aliphatic carbocycles. The molecule has 2 rings (SSSR count). The molecule has 12 heteroatoms. The van der Waals surface area contributed by atoms with Crippen molar-refractivity contribution in [3.63, 3.8) is 0 Å². The van der Waals surface area contributed by atoms with Gasteiger partial charge in [0.1, 0.15) is 12.1 Å². The molecule has 10 nitrogen and oxygen atoms in total. The van der Waals surface area contributed by atoms with Crippen LogP contribution in [-0.2, 0) is 26.0 Å². The zero-order valence-electron chi connectivity index (χ0n) is 17.8. The molecule has 0 aromatic heterocycles. The smallest absolute Gasteiger partial charge is 0.241 e. The number of carbonyl (C=O) groups excluding carboxylic acids is 2. The Morgan fingerprint density at radius 1 is 0.970 bits per heavy atom. The van der Waals surface area contributed by atoms with Crippen LogP contribution in [-0.4, -0.2) is 44.8 Å². The minimum Gasteiger partial charge on any atom is -0.370 e. The van der Waals surface area contributed by atoms with Crippen LogP contribution in [0.15, 0.2) is 64.5 Å². The molecule has 1 unspecified atom stereocenters. The van der Waals surface area contributed by atoms with Gasteiger partial charge < -0.3 is 22.5 Å². The number of rotatable bonds is 12. The Kier molecular flexibility index (Phi) is 9.64. The fraction of sp³-hybridized carbons (Fsp3) is 0.286. The number of nitrogens with zero attached hydrogens (tertiary/aromatic N) is 1. The molecule has 33 heavy (non-hydrogen) atoms. The first-order valence-electron chi connectivity index (χ1n) is 10.1. The molecule has 2 amide bonds. The average Bonchev–Trinajstić information content (AvgIpc) is 2.76. The number of guanidine groups is 1. The molecule has 2 aromatic rings. The molecule has 0 spiro atoms. The minimum absolute atomic E-state index is 0.0651. The third-order valence-electron chi connectivity index (χ3n) is 4.63. The largest absolute Gasteiger partial charge is 0.370 e. The van der Waals surface area contributed by atoms with Gasteiger partial charge in [-0.3, -0.25) is 14.6 Å². The highest BCUT2D eigenvalue weighted by molar-refractivity contribution is 7.89. The van der Waals surface area contributed by atoms with E-state index in [0.717, 1.165) is 5.56 Å². The van der Waals surface area contributed by atoms with Gasteiger partial charge in [-0.25, -0.2) is 8.42 Å². The van der Waals surface area contributed by atoms with Crippen molar-refractivity contribution in [3.05, 3.63) is 65.2 Å². The van der Waals surface area contributed by atoms with Gasteiger partial charge in [-0.15, -0.1) is 0 Å². The van der Waals surface area contributed by atoms with Crippen LogP contribution in [0.5, 0.6) is 0 Å². The van der Waals surface area contributed by atoms with E-state index in [-0.39, 0.29) is 30.2 Å². The van der Waals surface area contributed by atoms with Gasteiger partial charge in [0.2, 0.25) is 21.8 Å². The Morgan fingerprint density at radius 3 is 2.18 bits per heavy atom. The fourth-order valence-electron chi connectivity index (χ4n) is 2.96. The van der Waals surface area contributed by atoms with Gasteiger partial charge in [-0.05, 0) is 42.7 Å². The number of aliphatic imine (C=N–C) groups is 1. The fourth-order valence-corrected chi connectivity index (χ4v) is 4.32. The number of sulfonamides is 1. The lowest BCUT2D eigenvalue weighted by Gasteiger charge is -2.22. The second-order valence-corrected chi connectivity index (χ2v) is 9.38. The molecule has 2 atom stereocenters. The summed E-state index contributed by atoms with van der Waals surface area (Å²) in [5, 5.41) is 2.92. The predicted octanol–water partition coefficient (Wildman–Crippen LogP) is 0.253. The maximum atomic E-state index is 13.0. The summed E-state index contributed by atoms with van der Waals surface area (Å²) >= 11 is 5.83. The normalized spacial score (nSPS) is 13.0. The monoisotopic (exact) mass is 494 g/mol. The summed E-state index contributed by atoms with van der Waals surface area (Å²) in [6.45, 7) is 0.193. The molecule has 0 aliphatic heterocycles. The van der Waals surface area contributed by atoms with Crippen molar-refractivity contribution in [3.8, 4) is 0 Å². The van der Waals surface area contributed by atoms with Crippen molar-refractivity contribution in [2.75, 3.05) is 6.54 Å². The van der Waals surface area contributed by atoms with Gasteiger partial charge in [0.05, 0.1) is 4.90 Å². The van der Waals surface area contributed by atoms with Gasteiger partial charge in [0, 0.05) is 18.0 Å². The lowest BCUT2D eigenvalue weighted by atomic mass is 10.0. The van der Waals surface area contributed by atoms with Crippen LogP contribution < -0.4 is 27.2 Å². The Bertz CT molecular complexity index is 1070. The first-order valence-corrected chi connectivity index (χ1v) is 11.9. The number of hydrogen-bond donors (Lipinski definition) is 5. The molecule has 0 heterocycles. The summed E-state index contributed by atoms with van der Waals surface area (Å²) in [5.41, 5.74) is 16.9. The zero-order valence-corrected chi connectivity index (χ0v) is 19.4. The summed E-state index contributed by atoms with van der Waals surface area (Å²) in [6.07, 6.45) is 0.540. The van der Waals surface area contributed by atoms with E-state index in [9.17, 15) is 18.0 Å². The van der Waals surface area contributed by atoms with Gasteiger partial charge in [0.25, 0.3) is 0 Å². The standard InChI is InChI=1S/C21H27ClN6O4S/c22-15-8-10-16(11-9-15)33(31,32)28-17(7-4-12-26-21(24)25)20(30)27-18(19(23)29)13-14-5-2-1-3-6-14/h1-3,5-6,8-11,17-18,28H,4,7,12-13H2,(H2,23,29)(H,27,30)(H4,24,25,26)/t17?,18-/m0/s1. The van der Waals surface area contributed by atoms with Crippen LogP contribution in [0.4, 0.5) is 0 Å². The molecule has 0 radical (unpaired) electrons. The number of benzene rings is 2. The lowest BCUT2D eigenvalue weighted by Crippen LogP contribution is -2.53. The Labute approximate surface area is 197 Å². The van der Waals surface area contributed by atoms with Crippen molar-refractivity contribution in [2.45, 2.75) is 36.2 Å². The molecule has 0 bridgehead atoms. The van der Waals surface area contributed by atoms with Crippen LogP contribution in [0.1, 0.15) is 18.4 Å². The molecule has 0 aliphatic rings. The summed E-state index contributed by atoms with van der Waals surface area (Å²) < 4.78 is 28.0. The summed E-state index contributed by atoms with van der Waals surface area (Å²) in [6, 6.07) is 12.2. The van der Waals surface area contributed by atoms with Gasteiger partial charge >= 0.3 is 0 Å². The van der Waals surface area contributed by atoms with E-state index >= 15 is 0 Å². The summed E-state index contributed by atoms with van der Waals surface area (Å²) in [4.78, 5) is 28.7. The minimum atomic E-state index is -4.06. The Balaban J connectivity index is 2.19. The van der Waals surface area contributed by atoms with Crippen LogP contribution in [0.2, 0.25) is 5.02 Å². The molecule has 0 saturated heterocycles. The molecular weight excluding hydrogens is 468 g/mol. The van der Waals surface area contributed by atoms with E-state index in [2.05, 4.69) is 15.0 Å². The number of nitrogens with two attached hydrogens (primary N) is 3. The Hall–Kier alpha value is -3.15. The van der Waals surface area contributed by atoms with Crippen molar-refractivity contribution >= 4 is 39.4 Å². The molecule has 0 fully saturated rings. The average molecular weight is 495 g/mol. The van der Waals surface area contributed by atoms with E-state index < -0.39 is 33.9 Å². The second kappa shape index (κ2) is 12.2. The quantitative estimate of drug-likeness (QED) is 0.160. The molecule has 178 valence electrons. The van der Waals surface area contributed by atoms with E-state index in [1.54, 1.807) is 24.3 Å². The van der Waals surface area contributed by atoms with Gasteiger partial charge in [-0.1, -0.05) is 41.9 Å². The first-order chi connectivity index (χ1) is 15.6. The van der Waals surface area contributed by atoms with Gasteiger partial charge in [0.15, 0.2) is 5.96 Å². The van der Waals surface area contributed by atoms with E-state index in [1.807, 2.05) is 6.07 Å². The first kappa shape index (κ1) is 26.1. The highest BCUT2D eigenvalue weighted by atomic mass is 35.5. The van der Waals surface area contributed by atoms with E-state index in [4.69, 9.17) is 28.8 Å². The Morgan fingerprint density at radius 2 is 1.61 bits per heavy atom. The lowest BCUT2D eigenvalue weighted by molar-refractivity contribution is -0.128. The van der Waals surface area contributed by atoms with Crippen molar-refractivity contribution in [1.29, 1.82) is 0 Å². The highest BCUT2D eigenvalue weighted by Crippen LogP contribution is 2.15. The maximum absolute atomic E-state index is 13.0. The van der Waals surface area contributed by atoms with Crippen molar-refractivity contribution in [1.82, 2.24) is 10.0 Å². The van der Waals surface area contributed by atoms with E-state index in [1.165, 1.54) is 24.3 Å². The van der Waals surface area contributed by atoms with Crippen molar-refractivity contribution < 1.29 is 18.0 Å². The highest BCUT2D eigenvalue weighted by Gasteiger charge is 2.28. The topological polar surface area (TPSA) is 183 Å². The maximum Gasteiger partial charge on any atom is 0.241 e. The molecule has 2 aromatic carbocycles. The third kappa shape index (κ3) is 8.72. The number of amides is 2. The number of carbonyl (C=O) groups is 2. The van der Waals surface area contributed by atoms with Gasteiger partial charge in [-0.2, -0.15) is 4.72 Å². The summed E-state index contributed by atoms with van der Waals surface area (Å²) in [5.74, 6) is -1.56. The third-order valence-corrected chi connectivity index (χ3v) is 6.37. The van der Waals surface area contributed by atoms with E-state index in [0.29, 0.717) is 11.4 Å². The molecular formula is C21H27ClN6O4S. The van der Waals surface area contributed by atoms with Crippen LogP contribution >= 0.6 is 11.6 Å². The second-order valence-electron chi connectivity index (χ2n) is 7.23. The predicted molar refractivity (Wildman–Crippen MR) is 127 cm³/mol. The number of halogens is 1.